The predicted octanol–water partition coefficient (Wildman–Crippen LogP) is 6.06. The summed E-state index contributed by atoms with van der Waals surface area (Å²) < 4.78 is 68.8. The minimum absolute atomic E-state index is 0.179. The highest BCUT2D eigenvalue weighted by Gasteiger charge is 2.38. The maximum atomic E-state index is 14.6. The van der Waals surface area contributed by atoms with Crippen LogP contribution in [0.3, 0.4) is 0 Å². The molecule has 186 valence electrons. The van der Waals surface area contributed by atoms with E-state index in [9.17, 15) is 36.6 Å². The summed E-state index contributed by atoms with van der Waals surface area (Å²) >= 11 is 3.41. The van der Waals surface area contributed by atoms with Gasteiger partial charge in [0.25, 0.3) is 5.91 Å². The fraction of sp³-hybridized carbons (Fsp3) is 0.250. The van der Waals surface area contributed by atoms with Gasteiger partial charge < -0.3 is 15.7 Å². The lowest BCUT2D eigenvalue weighted by Gasteiger charge is -2.22. The van der Waals surface area contributed by atoms with Crippen LogP contribution in [0.15, 0.2) is 53.0 Å². The van der Waals surface area contributed by atoms with E-state index >= 15 is 0 Å². The van der Waals surface area contributed by atoms with Gasteiger partial charge in [-0.25, -0.2) is 13.6 Å². The van der Waals surface area contributed by atoms with Gasteiger partial charge in [0.05, 0.1) is 0 Å². The molecule has 0 spiro atoms. The van der Waals surface area contributed by atoms with E-state index in [1.54, 1.807) is 30.3 Å². The number of benzene rings is 3. The van der Waals surface area contributed by atoms with E-state index in [4.69, 9.17) is 0 Å². The lowest BCUT2D eigenvalue weighted by molar-refractivity contribution is -0.143. The third-order valence-corrected chi connectivity index (χ3v) is 6.09. The summed E-state index contributed by atoms with van der Waals surface area (Å²) in [4.78, 5) is 24.4. The molecule has 1 amide bonds. The van der Waals surface area contributed by atoms with Crippen molar-refractivity contribution in [2.45, 2.75) is 38.0 Å². The van der Waals surface area contributed by atoms with Crippen LogP contribution in [0.5, 0.6) is 0 Å². The number of hydrogen-bond donors (Lipinski definition) is 3. The van der Waals surface area contributed by atoms with Crippen molar-refractivity contribution >= 4 is 44.3 Å². The number of carboxylic acid groups (broad SMARTS) is 1. The Morgan fingerprint density at radius 2 is 1.63 bits per heavy atom. The van der Waals surface area contributed by atoms with Gasteiger partial charge in [-0.2, -0.15) is 13.2 Å². The number of amides is 1. The molecule has 0 saturated heterocycles. The summed E-state index contributed by atoms with van der Waals surface area (Å²) in [6.45, 7) is 1.25. The minimum atomic E-state index is -4.65. The first-order valence-electron chi connectivity index (χ1n) is 10.4. The molecule has 0 unspecified atom stereocenters. The number of anilines is 1. The Labute approximate surface area is 205 Å². The number of aliphatic carboxylic acids is 1. The molecule has 2 atom stereocenters. The van der Waals surface area contributed by atoms with Crippen LogP contribution in [0.2, 0.25) is 0 Å². The summed E-state index contributed by atoms with van der Waals surface area (Å²) in [6.07, 6.45) is -5.22. The lowest BCUT2D eigenvalue weighted by Crippen LogP contribution is -2.43. The van der Waals surface area contributed by atoms with Crippen LogP contribution in [0.1, 0.15) is 29.3 Å². The van der Waals surface area contributed by atoms with Crippen molar-refractivity contribution in [3.8, 4) is 0 Å². The van der Waals surface area contributed by atoms with E-state index in [0.29, 0.717) is 17.7 Å². The van der Waals surface area contributed by atoms with E-state index < -0.39 is 53.0 Å². The van der Waals surface area contributed by atoms with Crippen LogP contribution < -0.4 is 10.6 Å². The second-order valence-electron chi connectivity index (χ2n) is 7.78. The van der Waals surface area contributed by atoms with Gasteiger partial charge >= 0.3 is 12.1 Å². The van der Waals surface area contributed by atoms with Gasteiger partial charge in [-0.15, -0.1) is 0 Å². The van der Waals surface area contributed by atoms with Gasteiger partial charge in [0.15, 0.2) is 0 Å². The molecule has 0 aromatic heterocycles. The molecule has 35 heavy (non-hydrogen) atoms. The van der Waals surface area contributed by atoms with Crippen molar-refractivity contribution in [1.82, 2.24) is 5.32 Å². The van der Waals surface area contributed by atoms with Crippen molar-refractivity contribution < 1.29 is 36.6 Å². The van der Waals surface area contributed by atoms with Crippen LogP contribution in [0.25, 0.3) is 10.8 Å². The molecule has 0 radical (unpaired) electrons. The monoisotopic (exact) mass is 558 g/mol. The quantitative estimate of drug-likeness (QED) is 0.294. The number of carbonyl (C=O) groups excluding carboxylic acids is 1. The molecule has 3 rings (SSSR count). The molecule has 0 bridgehead atoms. The lowest BCUT2D eigenvalue weighted by atomic mass is 9.98. The zero-order chi connectivity index (χ0) is 25.9. The standard InChI is InChI=1S/C24H20BrF5N2O3/c1-2-20(24(28,29)30)31-13-10-17(26)21(18(27)11-13)22(33)32-19(23(34)35)9-12-7-8-16(25)15-6-4-3-5-14(12)15/h3-8,10-11,19-20,31H,2,9H2,1H3,(H,32,33)(H,34,35)/t19-,20+/m0/s1. The highest BCUT2D eigenvalue weighted by atomic mass is 79.9. The smallest absolute Gasteiger partial charge is 0.408 e. The average molecular weight is 559 g/mol. The third kappa shape index (κ3) is 6.08. The first-order valence-corrected chi connectivity index (χ1v) is 11.2. The van der Waals surface area contributed by atoms with Gasteiger partial charge in [-0.1, -0.05) is 53.2 Å². The van der Waals surface area contributed by atoms with Gasteiger partial charge in [-0.05, 0) is 41.0 Å². The fourth-order valence-corrected chi connectivity index (χ4v) is 4.12. The molecule has 3 N–H and O–H groups in total. The number of halogens is 6. The number of alkyl halides is 3. The van der Waals surface area contributed by atoms with E-state index in [-0.39, 0.29) is 12.8 Å². The summed E-state index contributed by atoms with van der Waals surface area (Å²) in [5.74, 6) is -5.64. The van der Waals surface area contributed by atoms with Crippen LogP contribution in [-0.2, 0) is 11.2 Å². The maximum Gasteiger partial charge on any atom is 0.408 e. The van der Waals surface area contributed by atoms with Gasteiger partial charge in [0.2, 0.25) is 0 Å². The van der Waals surface area contributed by atoms with Crippen molar-refractivity contribution in [1.29, 1.82) is 0 Å². The van der Waals surface area contributed by atoms with Gasteiger partial charge in [0.1, 0.15) is 29.3 Å². The van der Waals surface area contributed by atoms with E-state index in [1.807, 2.05) is 11.4 Å². The molecule has 5 nitrogen and oxygen atoms in total. The number of carbonyl (C=O) groups is 2. The molecular weight excluding hydrogens is 539 g/mol. The maximum absolute atomic E-state index is 14.6. The van der Waals surface area contributed by atoms with Crippen LogP contribution in [0.4, 0.5) is 27.6 Å². The minimum Gasteiger partial charge on any atom is -0.480 e. The Kier molecular flexibility index (Phi) is 7.99. The highest BCUT2D eigenvalue weighted by Crippen LogP contribution is 2.29. The molecule has 0 fully saturated rings. The Bertz CT molecular complexity index is 1240. The largest absolute Gasteiger partial charge is 0.480 e. The van der Waals surface area contributed by atoms with E-state index in [1.165, 1.54) is 6.92 Å². The molecule has 0 aliphatic heterocycles. The molecule has 0 saturated carbocycles. The third-order valence-electron chi connectivity index (χ3n) is 5.40. The fourth-order valence-electron chi connectivity index (χ4n) is 3.64. The molecule has 3 aromatic rings. The number of carboxylic acids is 1. The van der Waals surface area contributed by atoms with Crippen molar-refractivity contribution in [3.63, 3.8) is 0 Å². The summed E-state index contributed by atoms with van der Waals surface area (Å²) in [5, 5.41) is 15.3. The summed E-state index contributed by atoms with van der Waals surface area (Å²) in [6, 6.07) is 8.08. The van der Waals surface area contributed by atoms with Crippen LogP contribution in [0, 0.1) is 11.6 Å². The Morgan fingerprint density at radius 1 is 1.03 bits per heavy atom. The van der Waals surface area contributed by atoms with Crippen LogP contribution >= 0.6 is 15.9 Å². The Balaban J connectivity index is 1.85. The second-order valence-corrected chi connectivity index (χ2v) is 8.64. The van der Waals surface area contributed by atoms with Gasteiger partial charge in [-0.3, -0.25) is 4.79 Å². The first-order chi connectivity index (χ1) is 16.4. The van der Waals surface area contributed by atoms with Crippen molar-refractivity contribution in [2.24, 2.45) is 0 Å². The van der Waals surface area contributed by atoms with Crippen molar-refractivity contribution in [2.75, 3.05) is 5.32 Å². The Hall–Kier alpha value is -3.21. The van der Waals surface area contributed by atoms with Crippen molar-refractivity contribution in [3.05, 3.63) is 75.8 Å². The highest BCUT2D eigenvalue weighted by molar-refractivity contribution is 9.10. The van der Waals surface area contributed by atoms with Crippen LogP contribution in [-0.4, -0.2) is 35.2 Å². The van der Waals surface area contributed by atoms with E-state index in [2.05, 4.69) is 21.2 Å². The zero-order valence-corrected chi connectivity index (χ0v) is 19.8. The normalized spacial score (nSPS) is 13.3. The molecular formula is C24H20BrF5N2O3. The SMILES string of the molecule is CC[C@@H](Nc1cc(F)c(C(=O)N[C@@H](Cc2ccc(Br)c3ccccc23)C(=O)O)c(F)c1)C(F)(F)F. The number of fused-ring (bicyclic) bond motifs is 1. The van der Waals surface area contributed by atoms with Gasteiger partial charge in [0, 0.05) is 16.6 Å². The molecule has 0 aliphatic rings. The molecule has 0 aliphatic carbocycles. The zero-order valence-electron chi connectivity index (χ0n) is 18.2. The Morgan fingerprint density at radius 3 is 2.17 bits per heavy atom. The molecule has 0 heterocycles. The first kappa shape index (κ1) is 26.4. The topological polar surface area (TPSA) is 78.4 Å². The summed E-state index contributed by atoms with van der Waals surface area (Å²) in [7, 11) is 0. The molecule has 3 aromatic carbocycles. The number of nitrogens with one attached hydrogen (secondary N) is 2. The predicted molar refractivity (Wildman–Crippen MR) is 124 cm³/mol. The summed E-state index contributed by atoms with van der Waals surface area (Å²) in [5.41, 5.74) is -1.02. The second kappa shape index (κ2) is 10.6. The van der Waals surface area contributed by atoms with E-state index in [0.717, 1.165) is 15.2 Å². The average Bonchev–Trinajstić information content (AvgIpc) is 2.77. The number of hydrogen-bond acceptors (Lipinski definition) is 3. The number of rotatable bonds is 8. The molecule has 11 heteroatoms.